The highest BCUT2D eigenvalue weighted by Gasteiger charge is 2.26. The highest BCUT2D eigenvalue weighted by molar-refractivity contribution is 14.1. The Kier molecular flexibility index (Phi) is 6.21. The number of amides is 2. The molecular formula is C22H23IN4O3. The Morgan fingerprint density at radius 3 is 2.40 bits per heavy atom. The Morgan fingerprint density at radius 1 is 1.07 bits per heavy atom. The number of ether oxygens (including phenoxy) is 2. The zero-order chi connectivity index (χ0) is 21.1. The summed E-state index contributed by atoms with van der Waals surface area (Å²) in [5.74, 6) is 1.57. The van der Waals surface area contributed by atoms with Crippen LogP contribution >= 0.6 is 22.6 Å². The van der Waals surface area contributed by atoms with E-state index < -0.39 is 0 Å². The number of carbonyl (C=O) groups is 1. The number of hydrogen-bond acceptors (Lipinski definition) is 5. The largest absolute Gasteiger partial charge is 0.493 e. The minimum Gasteiger partial charge on any atom is -0.493 e. The van der Waals surface area contributed by atoms with Gasteiger partial charge in [-0.3, -0.25) is 0 Å². The highest BCUT2D eigenvalue weighted by Crippen LogP contribution is 2.36. The van der Waals surface area contributed by atoms with Crippen LogP contribution in [-0.2, 0) is 0 Å². The molecular weight excluding hydrogens is 495 g/mol. The summed E-state index contributed by atoms with van der Waals surface area (Å²) in [7, 11) is 3.24. The van der Waals surface area contributed by atoms with E-state index in [0.717, 1.165) is 38.7 Å². The van der Waals surface area contributed by atoms with Crippen molar-refractivity contribution in [3.8, 4) is 11.5 Å². The van der Waals surface area contributed by atoms with E-state index in [-0.39, 0.29) is 11.9 Å². The van der Waals surface area contributed by atoms with Crippen LogP contribution in [-0.4, -0.2) is 48.2 Å². The van der Waals surface area contributed by atoms with Gasteiger partial charge in [0.25, 0.3) is 0 Å². The number of rotatable bonds is 4. The number of nitrogens with one attached hydrogen (secondary N) is 1. The van der Waals surface area contributed by atoms with Crippen LogP contribution in [0.25, 0.3) is 10.9 Å². The van der Waals surface area contributed by atoms with Crippen LogP contribution in [0.3, 0.4) is 0 Å². The molecule has 1 N–H and O–H groups in total. The number of piperidine rings is 1. The lowest BCUT2D eigenvalue weighted by Crippen LogP contribution is -2.40. The molecule has 0 saturated carbocycles. The molecule has 1 aliphatic heterocycles. The van der Waals surface area contributed by atoms with Crippen LogP contribution in [0.15, 0.2) is 42.7 Å². The number of methoxy groups -OCH3 is 2. The first-order chi connectivity index (χ1) is 14.6. The van der Waals surface area contributed by atoms with Crippen molar-refractivity contribution in [3.05, 3.63) is 52.0 Å². The zero-order valence-corrected chi connectivity index (χ0v) is 19.0. The predicted molar refractivity (Wildman–Crippen MR) is 124 cm³/mol. The van der Waals surface area contributed by atoms with Gasteiger partial charge in [0.05, 0.1) is 25.4 Å². The first-order valence-electron chi connectivity index (χ1n) is 9.77. The highest BCUT2D eigenvalue weighted by atomic mass is 127. The summed E-state index contributed by atoms with van der Waals surface area (Å²) in [6.45, 7) is 1.36. The summed E-state index contributed by atoms with van der Waals surface area (Å²) in [6.07, 6.45) is 3.29. The Hall–Kier alpha value is -2.62. The maximum absolute atomic E-state index is 12.6. The van der Waals surface area contributed by atoms with Crippen molar-refractivity contribution in [2.24, 2.45) is 0 Å². The Labute approximate surface area is 188 Å². The lowest BCUT2D eigenvalue weighted by atomic mass is 9.91. The average Bonchev–Trinajstić information content (AvgIpc) is 2.79. The van der Waals surface area contributed by atoms with E-state index in [4.69, 9.17) is 9.47 Å². The standard InChI is InChI=1S/C22H23IN4O3/c1-29-19-11-17-18(12-20(19)30-2)24-13-25-21(17)14-7-9-27(10-8-14)22(28)26-16-5-3-15(23)4-6-16/h3-6,11-14H,7-10H2,1-2H3,(H,26,28). The predicted octanol–water partition coefficient (Wildman–Crippen LogP) is 4.66. The summed E-state index contributed by atoms with van der Waals surface area (Å²) in [5.41, 5.74) is 2.64. The second kappa shape index (κ2) is 9.03. The Balaban J connectivity index is 1.48. The van der Waals surface area contributed by atoms with Crippen LogP contribution in [0.4, 0.5) is 10.5 Å². The number of benzene rings is 2. The van der Waals surface area contributed by atoms with Crippen molar-refractivity contribution < 1.29 is 14.3 Å². The van der Waals surface area contributed by atoms with Gasteiger partial charge in [0, 0.05) is 39.7 Å². The molecule has 1 aromatic heterocycles. The third kappa shape index (κ3) is 4.28. The number of anilines is 1. The lowest BCUT2D eigenvalue weighted by Gasteiger charge is -2.32. The third-order valence-corrected chi connectivity index (χ3v) is 6.15. The summed E-state index contributed by atoms with van der Waals surface area (Å²) >= 11 is 2.25. The van der Waals surface area contributed by atoms with E-state index >= 15 is 0 Å². The molecule has 1 saturated heterocycles. The first-order valence-corrected chi connectivity index (χ1v) is 10.8. The molecule has 2 heterocycles. The van der Waals surface area contributed by atoms with Crippen molar-refractivity contribution in [1.82, 2.24) is 14.9 Å². The Morgan fingerprint density at radius 2 is 1.73 bits per heavy atom. The number of nitrogens with zero attached hydrogens (tertiary/aromatic N) is 3. The van der Waals surface area contributed by atoms with E-state index in [0.29, 0.717) is 24.6 Å². The van der Waals surface area contributed by atoms with Crippen LogP contribution in [0.2, 0.25) is 0 Å². The number of aromatic nitrogens is 2. The summed E-state index contributed by atoms with van der Waals surface area (Å²) in [6, 6.07) is 11.6. The topological polar surface area (TPSA) is 76.6 Å². The number of halogens is 1. The molecule has 1 fully saturated rings. The van der Waals surface area contributed by atoms with Gasteiger partial charge in [0.15, 0.2) is 11.5 Å². The Bertz CT molecular complexity index is 1050. The molecule has 0 aliphatic carbocycles. The van der Waals surface area contributed by atoms with Crippen molar-refractivity contribution in [2.75, 3.05) is 32.6 Å². The zero-order valence-electron chi connectivity index (χ0n) is 16.9. The molecule has 8 heteroatoms. The number of urea groups is 1. The fraction of sp³-hybridized carbons (Fsp3) is 0.318. The van der Waals surface area contributed by atoms with Gasteiger partial charge in [-0.05, 0) is 65.8 Å². The maximum Gasteiger partial charge on any atom is 0.321 e. The van der Waals surface area contributed by atoms with Crippen molar-refractivity contribution >= 4 is 45.2 Å². The van der Waals surface area contributed by atoms with E-state index in [1.54, 1.807) is 20.5 Å². The molecule has 3 aromatic rings. The van der Waals surface area contributed by atoms with Crippen LogP contribution in [0.1, 0.15) is 24.5 Å². The normalized spacial score (nSPS) is 14.6. The minimum atomic E-state index is -0.0615. The molecule has 1 aliphatic rings. The molecule has 0 bridgehead atoms. The monoisotopic (exact) mass is 518 g/mol. The third-order valence-electron chi connectivity index (χ3n) is 5.44. The molecule has 0 unspecified atom stereocenters. The quantitative estimate of drug-likeness (QED) is 0.509. The molecule has 0 spiro atoms. The van der Waals surface area contributed by atoms with E-state index in [2.05, 4.69) is 37.9 Å². The van der Waals surface area contributed by atoms with Gasteiger partial charge in [0.2, 0.25) is 0 Å². The molecule has 0 atom stereocenters. The van der Waals surface area contributed by atoms with Gasteiger partial charge >= 0.3 is 6.03 Å². The molecule has 2 amide bonds. The number of likely N-dealkylation sites (tertiary alicyclic amines) is 1. The molecule has 156 valence electrons. The molecule has 7 nitrogen and oxygen atoms in total. The van der Waals surface area contributed by atoms with E-state index in [1.165, 1.54) is 0 Å². The maximum atomic E-state index is 12.6. The molecule has 2 aromatic carbocycles. The molecule has 0 radical (unpaired) electrons. The second-order valence-electron chi connectivity index (χ2n) is 7.18. The summed E-state index contributed by atoms with van der Waals surface area (Å²) in [4.78, 5) is 23.5. The fourth-order valence-electron chi connectivity index (χ4n) is 3.82. The van der Waals surface area contributed by atoms with E-state index in [9.17, 15) is 4.79 Å². The van der Waals surface area contributed by atoms with Crippen LogP contribution in [0.5, 0.6) is 11.5 Å². The number of fused-ring (bicyclic) bond motifs is 1. The van der Waals surface area contributed by atoms with Crippen molar-refractivity contribution in [3.63, 3.8) is 0 Å². The van der Waals surface area contributed by atoms with Gasteiger partial charge in [-0.2, -0.15) is 0 Å². The van der Waals surface area contributed by atoms with Gasteiger partial charge < -0.3 is 19.7 Å². The smallest absolute Gasteiger partial charge is 0.321 e. The summed E-state index contributed by atoms with van der Waals surface area (Å²) < 4.78 is 12.0. The van der Waals surface area contributed by atoms with Gasteiger partial charge in [0.1, 0.15) is 6.33 Å². The fourth-order valence-corrected chi connectivity index (χ4v) is 4.18. The molecule has 30 heavy (non-hydrogen) atoms. The summed E-state index contributed by atoms with van der Waals surface area (Å²) in [5, 5.41) is 3.95. The van der Waals surface area contributed by atoms with Crippen LogP contribution in [0, 0.1) is 3.57 Å². The number of carbonyl (C=O) groups excluding carboxylic acids is 1. The SMILES string of the molecule is COc1cc2ncnc(C3CCN(C(=O)Nc4ccc(I)cc4)CC3)c2cc1OC. The van der Waals surface area contributed by atoms with Gasteiger partial charge in [-0.1, -0.05) is 0 Å². The van der Waals surface area contributed by atoms with Gasteiger partial charge in [-0.25, -0.2) is 14.8 Å². The van der Waals surface area contributed by atoms with Crippen LogP contribution < -0.4 is 14.8 Å². The molecule has 4 rings (SSSR count). The van der Waals surface area contributed by atoms with Crippen molar-refractivity contribution in [2.45, 2.75) is 18.8 Å². The first kappa shape index (κ1) is 20.6. The van der Waals surface area contributed by atoms with Crippen molar-refractivity contribution in [1.29, 1.82) is 0 Å². The second-order valence-corrected chi connectivity index (χ2v) is 8.43. The average molecular weight is 518 g/mol. The van der Waals surface area contributed by atoms with E-state index in [1.807, 2.05) is 41.3 Å². The lowest BCUT2D eigenvalue weighted by molar-refractivity contribution is 0.194. The van der Waals surface area contributed by atoms with Gasteiger partial charge in [-0.15, -0.1) is 0 Å². The number of hydrogen-bond donors (Lipinski definition) is 1. The minimum absolute atomic E-state index is 0.0615.